The molecule has 0 bridgehead atoms. The summed E-state index contributed by atoms with van der Waals surface area (Å²) >= 11 is 0. The Morgan fingerprint density at radius 1 is 1.45 bits per heavy atom. The van der Waals surface area contributed by atoms with E-state index < -0.39 is 0 Å². The van der Waals surface area contributed by atoms with Crippen LogP contribution in [0.25, 0.3) is 0 Å². The Balaban J connectivity index is 1.82. The van der Waals surface area contributed by atoms with Crippen LogP contribution in [0.4, 0.5) is 0 Å². The van der Waals surface area contributed by atoms with Crippen LogP contribution in [0.15, 0.2) is 4.52 Å². The van der Waals surface area contributed by atoms with Crippen LogP contribution in [0.2, 0.25) is 0 Å². The summed E-state index contributed by atoms with van der Waals surface area (Å²) in [5.41, 5.74) is 0. The van der Waals surface area contributed by atoms with Gasteiger partial charge in [0.15, 0.2) is 5.82 Å². The smallest absolute Gasteiger partial charge is 0.226 e. The maximum absolute atomic E-state index is 5.18. The van der Waals surface area contributed by atoms with Gasteiger partial charge in [0.2, 0.25) is 5.89 Å². The lowest BCUT2D eigenvalue weighted by Crippen LogP contribution is -2.45. The van der Waals surface area contributed by atoms with Gasteiger partial charge in [-0.3, -0.25) is 4.90 Å². The normalized spacial score (nSPS) is 20.4. The van der Waals surface area contributed by atoms with Crippen molar-refractivity contribution in [3.05, 3.63) is 11.7 Å². The first-order chi connectivity index (χ1) is 9.83. The maximum atomic E-state index is 5.18. The average Bonchev–Trinajstić information content (AvgIpc) is 2.93. The standard InChI is InChI=1S/C14H26N4O2/c1-3-14-16-13(17-20-14)11-18-8-5-4-6-12(18)10-15-7-9-19-2/h12,15H,3-11H2,1-2H3. The van der Waals surface area contributed by atoms with Crippen molar-refractivity contribution >= 4 is 0 Å². The molecule has 0 aliphatic carbocycles. The van der Waals surface area contributed by atoms with Crippen LogP contribution in [0.3, 0.4) is 0 Å². The van der Waals surface area contributed by atoms with Crippen molar-refractivity contribution in [2.45, 2.75) is 45.2 Å². The lowest BCUT2D eigenvalue weighted by atomic mass is 10.0. The van der Waals surface area contributed by atoms with E-state index in [1.165, 1.54) is 19.3 Å². The third kappa shape index (κ3) is 4.54. The average molecular weight is 282 g/mol. The highest BCUT2D eigenvalue weighted by Gasteiger charge is 2.23. The zero-order chi connectivity index (χ0) is 14.2. The second-order valence-corrected chi connectivity index (χ2v) is 5.27. The molecule has 1 N–H and O–H groups in total. The molecule has 6 heteroatoms. The van der Waals surface area contributed by atoms with Crippen molar-refractivity contribution in [1.29, 1.82) is 0 Å². The Labute approximate surface area is 120 Å². The van der Waals surface area contributed by atoms with Gasteiger partial charge in [-0.15, -0.1) is 0 Å². The predicted octanol–water partition coefficient (Wildman–Crippen LogP) is 1.22. The molecule has 1 fully saturated rings. The molecule has 1 aliphatic heterocycles. The number of hydrogen-bond acceptors (Lipinski definition) is 6. The summed E-state index contributed by atoms with van der Waals surface area (Å²) in [6, 6.07) is 0.559. The van der Waals surface area contributed by atoms with Crippen molar-refractivity contribution < 1.29 is 9.26 Å². The van der Waals surface area contributed by atoms with Crippen molar-refractivity contribution in [2.24, 2.45) is 0 Å². The first kappa shape index (κ1) is 15.4. The van der Waals surface area contributed by atoms with E-state index in [2.05, 4.69) is 20.4 Å². The summed E-state index contributed by atoms with van der Waals surface area (Å²) in [5, 5.41) is 7.51. The Hall–Kier alpha value is -0.980. The molecule has 114 valence electrons. The van der Waals surface area contributed by atoms with Crippen LogP contribution in [0.5, 0.6) is 0 Å². The second-order valence-electron chi connectivity index (χ2n) is 5.27. The lowest BCUT2D eigenvalue weighted by molar-refractivity contribution is 0.129. The van der Waals surface area contributed by atoms with Gasteiger partial charge in [-0.2, -0.15) is 4.98 Å². The predicted molar refractivity (Wildman–Crippen MR) is 76.5 cm³/mol. The van der Waals surface area contributed by atoms with Gasteiger partial charge < -0.3 is 14.6 Å². The summed E-state index contributed by atoms with van der Waals surface area (Å²) < 4.78 is 10.2. The lowest BCUT2D eigenvalue weighted by Gasteiger charge is -2.35. The van der Waals surface area contributed by atoms with E-state index in [-0.39, 0.29) is 0 Å². The zero-order valence-corrected chi connectivity index (χ0v) is 12.6. The number of nitrogens with zero attached hydrogens (tertiary/aromatic N) is 3. The molecule has 1 aromatic heterocycles. The monoisotopic (exact) mass is 282 g/mol. The fourth-order valence-electron chi connectivity index (χ4n) is 2.62. The first-order valence-electron chi connectivity index (χ1n) is 7.58. The van der Waals surface area contributed by atoms with E-state index in [1.54, 1.807) is 7.11 Å². The number of aromatic nitrogens is 2. The Kier molecular flexibility index (Phi) is 6.42. The summed E-state index contributed by atoms with van der Waals surface area (Å²) in [6.45, 7) is 6.61. The Morgan fingerprint density at radius 2 is 2.35 bits per heavy atom. The third-order valence-corrected chi connectivity index (χ3v) is 3.77. The molecular formula is C14H26N4O2. The van der Waals surface area contributed by atoms with Gasteiger partial charge in [0.05, 0.1) is 13.2 Å². The van der Waals surface area contributed by atoms with Crippen molar-refractivity contribution in [1.82, 2.24) is 20.4 Å². The molecule has 1 aliphatic rings. The van der Waals surface area contributed by atoms with Gasteiger partial charge in [-0.1, -0.05) is 18.5 Å². The van der Waals surface area contributed by atoms with E-state index in [4.69, 9.17) is 9.26 Å². The minimum atomic E-state index is 0.559. The van der Waals surface area contributed by atoms with Crippen molar-refractivity contribution in [3.8, 4) is 0 Å². The summed E-state index contributed by atoms with van der Waals surface area (Å²) in [7, 11) is 1.73. The van der Waals surface area contributed by atoms with Gasteiger partial charge in [-0.25, -0.2) is 0 Å². The molecule has 0 radical (unpaired) electrons. The molecular weight excluding hydrogens is 256 g/mol. The zero-order valence-electron chi connectivity index (χ0n) is 12.6. The van der Waals surface area contributed by atoms with E-state index in [9.17, 15) is 0 Å². The summed E-state index contributed by atoms with van der Waals surface area (Å²) in [5.74, 6) is 1.54. The van der Waals surface area contributed by atoms with Crippen LogP contribution in [0, 0.1) is 0 Å². The maximum Gasteiger partial charge on any atom is 0.226 e. The van der Waals surface area contributed by atoms with E-state index >= 15 is 0 Å². The second kappa shape index (κ2) is 8.34. The molecule has 1 aromatic rings. The van der Waals surface area contributed by atoms with E-state index in [0.717, 1.165) is 50.9 Å². The fourth-order valence-corrected chi connectivity index (χ4v) is 2.62. The number of nitrogens with one attached hydrogen (secondary N) is 1. The van der Waals surface area contributed by atoms with Crippen LogP contribution >= 0.6 is 0 Å². The van der Waals surface area contributed by atoms with Gasteiger partial charge in [0.25, 0.3) is 0 Å². The minimum absolute atomic E-state index is 0.559. The number of likely N-dealkylation sites (tertiary alicyclic amines) is 1. The molecule has 1 atom stereocenters. The number of aryl methyl sites for hydroxylation is 1. The van der Waals surface area contributed by atoms with Gasteiger partial charge in [-0.05, 0) is 19.4 Å². The molecule has 1 unspecified atom stereocenters. The van der Waals surface area contributed by atoms with Crippen LogP contribution in [-0.4, -0.2) is 54.4 Å². The van der Waals surface area contributed by atoms with Crippen LogP contribution < -0.4 is 5.32 Å². The molecule has 1 saturated heterocycles. The molecule has 20 heavy (non-hydrogen) atoms. The number of ether oxygens (including phenoxy) is 1. The van der Waals surface area contributed by atoms with Crippen molar-refractivity contribution in [3.63, 3.8) is 0 Å². The van der Waals surface area contributed by atoms with Crippen LogP contribution in [-0.2, 0) is 17.7 Å². The third-order valence-electron chi connectivity index (χ3n) is 3.77. The molecule has 0 spiro atoms. The molecule has 2 heterocycles. The minimum Gasteiger partial charge on any atom is -0.383 e. The largest absolute Gasteiger partial charge is 0.383 e. The molecule has 0 aromatic carbocycles. The molecule has 0 saturated carbocycles. The van der Waals surface area contributed by atoms with Gasteiger partial charge in [0, 0.05) is 32.7 Å². The molecule has 2 rings (SSSR count). The highest BCUT2D eigenvalue weighted by atomic mass is 16.5. The highest BCUT2D eigenvalue weighted by Crippen LogP contribution is 2.18. The highest BCUT2D eigenvalue weighted by molar-refractivity contribution is 4.89. The number of hydrogen-bond donors (Lipinski definition) is 1. The van der Waals surface area contributed by atoms with E-state index in [0.29, 0.717) is 6.04 Å². The van der Waals surface area contributed by atoms with E-state index in [1.807, 2.05) is 6.92 Å². The van der Waals surface area contributed by atoms with Gasteiger partial charge in [0.1, 0.15) is 0 Å². The van der Waals surface area contributed by atoms with Crippen LogP contribution in [0.1, 0.15) is 37.9 Å². The fraction of sp³-hybridized carbons (Fsp3) is 0.857. The van der Waals surface area contributed by atoms with Crippen molar-refractivity contribution in [2.75, 3.05) is 33.4 Å². The molecule has 6 nitrogen and oxygen atoms in total. The number of rotatable bonds is 8. The quantitative estimate of drug-likeness (QED) is 0.723. The topological polar surface area (TPSA) is 63.4 Å². The number of methoxy groups -OCH3 is 1. The SMILES string of the molecule is CCc1nc(CN2CCCCC2CNCCOC)no1. The first-order valence-corrected chi connectivity index (χ1v) is 7.58. The summed E-state index contributed by atoms with van der Waals surface area (Å²) in [6.07, 6.45) is 4.60. The summed E-state index contributed by atoms with van der Waals surface area (Å²) in [4.78, 5) is 6.87. The Bertz CT molecular complexity index is 383. The number of piperidine rings is 1. The Morgan fingerprint density at radius 3 is 3.10 bits per heavy atom. The molecule has 0 amide bonds. The van der Waals surface area contributed by atoms with Gasteiger partial charge >= 0.3 is 0 Å².